The highest BCUT2D eigenvalue weighted by molar-refractivity contribution is 5.02. The van der Waals surface area contributed by atoms with Crippen LogP contribution in [-0.4, -0.2) is 21.0 Å². The molecular weight excluding hydrogens is 212 g/mol. The minimum atomic E-state index is -0.129. The highest BCUT2D eigenvalue weighted by Crippen LogP contribution is 2.31. The molecule has 0 spiro atoms. The van der Waals surface area contributed by atoms with Crippen LogP contribution in [0.25, 0.3) is 0 Å². The molecule has 3 atom stereocenters. The van der Waals surface area contributed by atoms with Crippen molar-refractivity contribution in [3.05, 3.63) is 18.0 Å². The van der Waals surface area contributed by atoms with Crippen LogP contribution in [0.4, 0.5) is 0 Å². The molecule has 1 aliphatic carbocycles. The molecule has 0 aliphatic heterocycles. The summed E-state index contributed by atoms with van der Waals surface area (Å²) in [5, 5.41) is 14.6. The van der Waals surface area contributed by atoms with Gasteiger partial charge in [0.05, 0.1) is 11.8 Å². The van der Waals surface area contributed by atoms with Crippen LogP contribution in [0, 0.1) is 11.8 Å². The third-order valence-electron chi connectivity index (χ3n) is 3.87. The maximum Gasteiger partial charge on any atom is 0.0628 e. The van der Waals surface area contributed by atoms with Crippen molar-refractivity contribution >= 4 is 0 Å². The highest BCUT2D eigenvalue weighted by Gasteiger charge is 2.27. The zero-order valence-electron chi connectivity index (χ0n) is 11.1. The molecule has 1 aromatic rings. The van der Waals surface area contributed by atoms with E-state index in [1.807, 2.05) is 10.9 Å². The molecule has 1 fully saturated rings. The summed E-state index contributed by atoms with van der Waals surface area (Å²) in [7, 11) is 0. The van der Waals surface area contributed by atoms with Crippen molar-refractivity contribution in [2.45, 2.75) is 58.6 Å². The highest BCUT2D eigenvalue weighted by atomic mass is 16.3. The predicted octanol–water partition coefficient (Wildman–Crippen LogP) is 2.80. The lowest BCUT2D eigenvalue weighted by Gasteiger charge is -2.31. The molecule has 0 amide bonds. The summed E-state index contributed by atoms with van der Waals surface area (Å²) < 4.78 is 1.99. The summed E-state index contributed by atoms with van der Waals surface area (Å²) >= 11 is 0. The Kier molecular flexibility index (Phi) is 3.87. The fourth-order valence-corrected chi connectivity index (χ4v) is 2.74. The smallest absolute Gasteiger partial charge is 0.0628 e. The molecule has 0 radical (unpaired) electrons. The van der Waals surface area contributed by atoms with Gasteiger partial charge in [0.1, 0.15) is 0 Å². The van der Waals surface area contributed by atoms with E-state index in [-0.39, 0.29) is 6.10 Å². The van der Waals surface area contributed by atoms with Gasteiger partial charge in [-0.1, -0.05) is 6.92 Å². The summed E-state index contributed by atoms with van der Waals surface area (Å²) in [5.41, 5.74) is 1.12. The molecule has 1 aromatic heterocycles. The van der Waals surface area contributed by atoms with Crippen LogP contribution in [0.15, 0.2) is 12.3 Å². The number of aliphatic hydroxyl groups excluding tert-OH is 1. The van der Waals surface area contributed by atoms with Gasteiger partial charge in [-0.3, -0.25) is 4.68 Å². The third-order valence-corrected chi connectivity index (χ3v) is 3.87. The van der Waals surface area contributed by atoms with Crippen LogP contribution < -0.4 is 0 Å². The lowest BCUT2D eigenvalue weighted by molar-refractivity contribution is 0.0514. The van der Waals surface area contributed by atoms with E-state index >= 15 is 0 Å². The molecule has 1 saturated carbocycles. The quantitative estimate of drug-likeness (QED) is 0.876. The van der Waals surface area contributed by atoms with Crippen LogP contribution in [0.2, 0.25) is 0 Å². The Bertz CT molecular complexity index is 359. The molecule has 96 valence electrons. The molecule has 3 unspecified atom stereocenters. The van der Waals surface area contributed by atoms with Crippen molar-refractivity contribution in [3.63, 3.8) is 0 Å². The van der Waals surface area contributed by atoms with Gasteiger partial charge < -0.3 is 5.11 Å². The summed E-state index contributed by atoms with van der Waals surface area (Å²) in [4.78, 5) is 0. The molecular formula is C14H24N2O. The van der Waals surface area contributed by atoms with Gasteiger partial charge in [0.2, 0.25) is 0 Å². The Labute approximate surface area is 104 Å². The van der Waals surface area contributed by atoms with E-state index in [2.05, 4.69) is 31.9 Å². The summed E-state index contributed by atoms with van der Waals surface area (Å²) in [6.45, 7) is 6.55. The largest absolute Gasteiger partial charge is 0.393 e. The monoisotopic (exact) mass is 236 g/mol. The van der Waals surface area contributed by atoms with Crippen LogP contribution in [-0.2, 0) is 6.42 Å². The molecule has 1 heterocycles. The lowest BCUT2D eigenvalue weighted by atomic mass is 9.78. The Morgan fingerprint density at radius 3 is 2.88 bits per heavy atom. The maximum absolute atomic E-state index is 10.0. The van der Waals surface area contributed by atoms with E-state index in [4.69, 9.17) is 0 Å². The van der Waals surface area contributed by atoms with Crippen LogP contribution >= 0.6 is 0 Å². The molecule has 3 heteroatoms. The van der Waals surface area contributed by atoms with E-state index < -0.39 is 0 Å². The number of hydrogen-bond acceptors (Lipinski definition) is 2. The third kappa shape index (κ3) is 3.09. The first-order valence-electron chi connectivity index (χ1n) is 6.78. The van der Waals surface area contributed by atoms with Crippen molar-refractivity contribution in [3.8, 4) is 0 Å². The predicted molar refractivity (Wildman–Crippen MR) is 68.8 cm³/mol. The number of nitrogens with zero attached hydrogens (tertiary/aromatic N) is 2. The first kappa shape index (κ1) is 12.6. The van der Waals surface area contributed by atoms with Crippen molar-refractivity contribution < 1.29 is 5.11 Å². The number of aliphatic hydroxyl groups is 1. The van der Waals surface area contributed by atoms with Crippen molar-refractivity contribution in [1.29, 1.82) is 0 Å². The molecule has 1 aliphatic rings. The van der Waals surface area contributed by atoms with Gasteiger partial charge in [-0.05, 0) is 57.4 Å². The van der Waals surface area contributed by atoms with Crippen molar-refractivity contribution in [2.75, 3.05) is 0 Å². The van der Waals surface area contributed by atoms with E-state index in [0.717, 1.165) is 37.3 Å². The van der Waals surface area contributed by atoms with Crippen molar-refractivity contribution in [1.82, 2.24) is 9.78 Å². The summed E-state index contributed by atoms with van der Waals surface area (Å²) in [6, 6.07) is 2.50. The average Bonchev–Trinajstić information content (AvgIpc) is 2.72. The van der Waals surface area contributed by atoms with E-state index in [0.29, 0.717) is 12.0 Å². The standard InChI is InChI=1S/C14H24N2O/c1-10(2)16-7-6-13(15-16)9-12-8-11(3)4-5-14(12)17/h6-7,10-12,14,17H,4-5,8-9H2,1-3H3. The zero-order chi connectivity index (χ0) is 12.4. The Hall–Kier alpha value is -0.830. The van der Waals surface area contributed by atoms with Gasteiger partial charge in [0.15, 0.2) is 0 Å². The van der Waals surface area contributed by atoms with Gasteiger partial charge in [-0.15, -0.1) is 0 Å². The minimum Gasteiger partial charge on any atom is -0.393 e. The zero-order valence-corrected chi connectivity index (χ0v) is 11.1. The van der Waals surface area contributed by atoms with Crippen molar-refractivity contribution in [2.24, 2.45) is 11.8 Å². The first-order valence-corrected chi connectivity index (χ1v) is 6.78. The number of aromatic nitrogens is 2. The van der Waals surface area contributed by atoms with E-state index in [9.17, 15) is 5.11 Å². The topological polar surface area (TPSA) is 38.0 Å². The van der Waals surface area contributed by atoms with Gasteiger partial charge >= 0.3 is 0 Å². The molecule has 0 aromatic carbocycles. The molecule has 17 heavy (non-hydrogen) atoms. The van der Waals surface area contributed by atoms with Gasteiger partial charge in [-0.2, -0.15) is 5.10 Å². The number of rotatable bonds is 3. The molecule has 2 rings (SSSR count). The Morgan fingerprint density at radius 1 is 1.47 bits per heavy atom. The Morgan fingerprint density at radius 2 is 2.24 bits per heavy atom. The number of hydrogen-bond donors (Lipinski definition) is 1. The summed E-state index contributed by atoms with van der Waals surface area (Å²) in [6.07, 6.45) is 6.09. The normalized spacial score (nSPS) is 29.8. The van der Waals surface area contributed by atoms with Crippen LogP contribution in [0.3, 0.4) is 0 Å². The second-order valence-corrected chi connectivity index (χ2v) is 5.83. The lowest BCUT2D eigenvalue weighted by Crippen LogP contribution is -2.29. The van der Waals surface area contributed by atoms with Gasteiger partial charge in [0.25, 0.3) is 0 Å². The molecule has 3 nitrogen and oxygen atoms in total. The van der Waals surface area contributed by atoms with E-state index in [1.54, 1.807) is 0 Å². The van der Waals surface area contributed by atoms with E-state index in [1.165, 1.54) is 0 Å². The second-order valence-electron chi connectivity index (χ2n) is 5.83. The van der Waals surface area contributed by atoms with Gasteiger partial charge in [0, 0.05) is 12.2 Å². The maximum atomic E-state index is 10.0. The molecule has 0 bridgehead atoms. The van der Waals surface area contributed by atoms with Crippen LogP contribution in [0.5, 0.6) is 0 Å². The first-order chi connectivity index (χ1) is 8.06. The second kappa shape index (κ2) is 5.21. The van der Waals surface area contributed by atoms with Gasteiger partial charge in [-0.25, -0.2) is 0 Å². The Balaban J connectivity index is 1.98. The van der Waals surface area contributed by atoms with Crippen LogP contribution in [0.1, 0.15) is 51.8 Å². The SMILES string of the molecule is CC1CCC(O)C(Cc2ccn(C(C)C)n2)C1. The molecule has 1 N–H and O–H groups in total. The fourth-order valence-electron chi connectivity index (χ4n) is 2.74. The summed E-state index contributed by atoms with van der Waals surface area (Å²) in [5.74, 6) is 1.14. The average molecular weight is 236 g/mol. The fraction of sp³-hybridized carbons (Fsp3) is 0.786. The molecule has 0 saturated heterocycles. The minimum absolute atomic E-state index is 0.129.